The Morgan fingerprint density at radius 3 is 2.63 bits per heavy atom. The summed E-state index contributed by atoms with van der Waals surface area (Å²) in [5, 5.41) is 12.1. The highest BCUT2D eigenvalue weighted by Gasteiger charge is 2.26. The van der Waals surface area contributed by atoms with Crippen LogP contribution in [0.5, 0.6) is 0 Å². The summed E-state index contributed by atoms with van der Waals surface area (Å²) in [6.45, 7) is 4.88. The van der Waals surface area contributed by atoms with Crippen molar-refractivity contribution in [3.63, 3.8) is 0 Å². The van der Waals surface area contributed by atoms with Gasteiger partial charge in [0.15, 0.2) is 0 Å². The molecular weight excluding hydrogens is 308 g/mol. The number of carbonyl (C=O) groups excluding carboxylic acids is 1. The summed E-state index contributed by atoms with van der Waals surface area (Å²) in [5.41, 5.74) is 0.371. The molecular formula is C14H21BrN2O2. The maximum Gasteiger partial charge on any atom is 0.269 e. The van der Waals surface area contributed by atoms with E-state index >= 15 is 0 Å². The smallest absolute Gasteiger partial charge is 0.269 e. The normalized spacial score (nSPS) is 11.4. The van der Waals surface area contributed by atoms with E-state index < -0.39 is 0 Å². The van der Waals surface area contributed by atoms with Gasteiger partial charge in [-0.15, -0.1) is 0 Å². The standard InChI is InChI=1S/C14H21BrN2O2/c1-3-14(4-2,8-9-18)10-16-13(19)11-6-5-7-12(15)17-11/h5-7,18H,3-4,8-10H2,1-2H3,(H,16,19). The van der Waals surface area contributed by atoms with E-state index in [-0.39, 0.29) is 17.9 Å². The van der Waals surface area contributed by atoms with Gasteiger partial charge < -0.3 is 10.4 Å². The van der Waals surface area contributed by atoms with Gasteiger partial charge in [-0.25, -0.2) is 4.98 Å². The number of aliphatic hydroxyl groups is 1. The lowest BCUT2D eigenvalue weighted by atomic mass is 9.79. The SMILES string of the molecule is CCC(CC)(CCO)CNC(=O)c1cccc(Br)n1. The minimum absolute atomic E-state index is 0.0313. The van der Waals surface area contributed by atoms with Crippen molar-refractivity contribution in [2.75, 3.05) is 13.2 Å². The Kier molecular flexibility index (Phi) is 6.45. The Morgan fingerprint density at radius 1 is 1.42 bits per heavy atom. The van der Waals surface area contributed by atoms with Gasteiger partial charge >= 0.3 is 0 Å². The van der Waals surface area contributed by atoms with Crippen LogP contribution in [0.1, 0.15) is 43.6 Å². The predicted octanol–water partition coefficient (Wildman–Crippen LogP) is 2.76. The third-order valence-electron chi connectivity index (χ3n) is 3.71. The maximum atomic E-state index is 12.0. The van der Waals surface area contributed by atoms with E-state index in [9.17, 15) is 4.79 Å². The number of hydrogen-bond donors (Lipinski definition) is 2. The van der Waals surface area contributed by atoms with Crippen molar-refractivity contribution < 1.29 is 9.90 Å². The zero-order chi connectivity index (χ0) is 14.3. The molecule has 0 unspecified atom stereocenters. The van der Waals surface area contributed by atoms with Crippen molar-refractivity contribution in [2.24, 2.45) is 5.41 Å². The highest BCUT2D eigenvalue weighted by Crippen LogP contribution is 2.29. The average Bonchev–Trinajstić information content (AvgIpc) is 2.43. The van der Waals surface area contributed by atoms with Crippen LogP contribution in [0.25, 0.3) is 0 Å². The molecule has 0 spiro atoms. The molecule has 1 heterocycles. The van der Waals surface area contributed by atoms with E-state index in [1.807, 2.05) is 0 Å². The van der Waals surface area contributed by atoms with Gasteiger partial charge in [0.2, 0.25) is 0 Å². The Balaban J connectivity index is 2.66. The summed E-state index contributed by atoms with van der Waals surface area (Å²) >= 11 is 3.25. The van der Waals surface area contributed by atoms with E-state index in [0.29, 0.717) is 23.3 Å². The van der Waals surface area contributed by atoms with Crippen LogP contribution in [0, 0.1) is 5.41 Å². The molecule has 1 amide bonds. The van der Waals surface area contributed by atoms with Gasteiger partial charge in [-0.2, -0.15) is 0 Å². The molecule has 1 aromatic heterocycles. The van der Waals surface area contributed by atoms with Gasteiger partial charge in [-0.1, -0.05) is 19.9 Å². The quantitative estimate of drug-likeness (QED) is 0.756. The number of pyridine rings is 1. The Bertz CT molecular complexity index is 420. The molecule has 0 bridgehead atoms. The molecule has 0 aromatic carbocycles. The van der Waals surface area contributed by atoms with Crippen LogP contribution in [0.2, 0.25) is 0 Å². The molecule has 0 aliphatic rings. The second-order valence-corrected chi connectivity index (χ2v) is 5.52. The Hall–Kier alpha value is -0.940. The topological polar surface area (TPSA) is 62.2 Å². The van der Waals surface area contributed by atoms with Crippen molar-refractivity contribution in [3.8, 4) is 0 Å². The molecule has 5 heteroatoms. The minimum Gasteiger partial charge on any atom is -0.396 e. The third-order valence-corrected chi connectivity index (χ3v) is 4.16. The van der Waals surface area contributed by atoms with Gasteiger partial charge in [0.1, 0.15) is 10.3 Å². The lowest BCUT2D eigenvalue weighted by Crippen LogP contribution is -2.38. The Labute approximate surface area is 122 Å². The molecule has 0 atom stereocenters. The molecule has 0 fully saturated rings. The molecule has 0 saturated carbocycles. The molecule has 0 radical (unpaired) electrons. The zero-order valence-electron chi connectivity index (χ0n) is 11.4. The monoisotopic (exact) mass is 328 g/mol. The molecule has 4 nitrogen and oxygen atoms in total. The van der Waals surface area contributed by atoms with Crippen LogP contribution in [-0.4, -0.2) is 29.1 Å². The number of aromatic nitrogens is 1. The van der Waals surface area contributed by atoms with Crippen molar-refractivity contribution in [1.82, 2.24) is 10.3 Å². The molecule has 0 saturated heterocycles. The average molecular weight is 329 g/mol. The minimum atomic E-state index is -0.175. The van der Waals surface area contributed by atoms with E-state index in [1.165, 1.54) is 0 Å². The highest BCUT2D eigenvalue weighted by molar-refractivity contribution is 9.10. The first-order chi connectivity index (χ1) is 9.06. The second-order valence-electron chi connectivity index (χ2n) is 4.71. The number of nitrogens with one attached hydrogen (secondary N) is 1. The molecule has 106 valence electrons. The van der Waals surface area contributed by atoms with Gasteiger partial charge in [-0.3, -0.25) is 4.79 Å². The van der Waals surface area contributed by atoms with Gasteiger partial charge in [0.05, 0.1) is 0 Å². The number of hydrogen-bond acceptors (Lipinski definition) is 3. The van der Waals surface area contributed by atoms with Crippen LogP contribution < -0.4 is 5.32 Å². The lowest BCUT2D eigenvalue weighted by Gasteiger charge is -2.31. The number of nitrogens with zero attached hydrogens (tertiary/aromatic N) is 1. The molecule has 1 aromatic rings. The van der Waals surface area contributed by atoms with Crippen molar-refractivity contribution in [3.05, 3.63) is 28.5 Å². The van der Waals surface area contributed by atoms with Crippen LogP contribution in [0.3, 0.4) is 0 Å². The van der Waals surface area contributed by atoms with Crippen LogP contribution in [0.4, 0.5) is 0 Å². The van der Waals surface area contributed by atoms with Gasteiger partial charge in [0, 0.05) is 13.2 Å². The van der Waals surface area contributed by atoms with Crippen molar-refractivity contribution in [2.45, 2.75) is 33.1 Å². The van der Waals surface area contributed by atoms with Crippen molar-refractivity contribution >= 4 is 21.8 Å². The number of carbonyl (C=O) groups is 1. The maximum absolute atomic E-state index is 12.0. The summed E-state index contributed by atoms with van der Waals surface area (Å²) in [6.07, 6.45) is 2.55. The first kappa shape index (κ1) is 16.1. The van der Waals surface area contributed by atoms with E-state index in [1.54, 1.807) is 18.2 Å². The molecule has 2 N–H and O–H groups in total. The second kappa shape index (κ2) is 7.60. The predicted molar refractivity (Wildman–Crippen MR) is 79.0 cm³/mol. The fraction of sp³-hybridized carbons (Fsp3) is 0.571. The van der Waals surface area contributed by atoms with E-state index in [4.69, 9.17) is 5.11 Å². The summed E-state index contributed by atoms with van der Waals surface area (Å²) in [6, 6.07) is 5.25. The summed E-state index contributed by atoms with van der Waals surface area (Å²) in [7, 11) is 0. The summed E-state index contributed by atoms with van der Waals surface area (Å²) in [4.78, 5) is 16.1. The van der Waals surface area contributed by atoms with Crippen molar-refractivity contribution in [1.29, 1.82) is 0 Å². The molecule has 1 rings (SSSR count). The number of amides is 1. The van der Waals surface area contributed by atoms with E-state index in [0.717, 1.165) is 12.8 Å². The largest absolute Gasteiger partial charge is 0.396 e. The number of halogens is 1. The van der Waals surface area contributed by atoms with Gasteiger partial charge in [0.25, 0.3) is 5.91 Å². The fourth-order valence-corrected chi connectivity index (χ4v) is 2.42. The van der Waals surface area contributed by atoms with Crippen LogP contribution in [0.15, 0.2) is 22.8 Å². The molecule has 0 aliphatic carbocycles. The summed E-state index contributed by atoms with van der Waals surface area (Å²) < 4.78 is 0.646. The number of rotatable bonds is 7. The van der Waals surface area contributed by atoms with Gasteiger partial charge in [-0.05, 0) is 52.7 Å². The van der Waals surface area contributed by atoms with E-state index in [2.05, 4.69) is 40.1 Å². The number of aliphatic hydroxyl groups excluding tert-OH is 1. The zero-order valence-corrected chi connectivity index (χ0v) is 13.0. The Morgan fingerprint density at radius 2 is 2.11 bits per heavy atom. The van der Waals surface area contributed by atoms with Crippen LogP contribution in [-0.2, 0) is 0 Å². The molecule has 0 aliphatic heterocycles. The first-order valence-corrected chi connectivity index (χ1v) is 7.38. The first-order valence-electron chi connectivity index (χ1n) is 6.58. The third kappa shape index (κ3) is 4.58. The summed E-state index contributed by atoms with van der Waals surface area (Å²) in [5.74, 6) is -0.175. The molecule has 19 heavy (non-hydrogen) atoms. The van der Waals surface area contributed by atoms with Crippen LogP contribution >= 0.6 is 15.9 Å². The lowest BCUT2D eigenvalue weighted by molar-refractivity contribution is 0.0902. The highest BCUT2D eigenvalue weighted by atomic mass is 79.9. The fourth-order valence-electron chi connectivity index (χ4n) is 2.07.